The van der Waals surface area contributed by atoms with Gasteiger partial charge in [0.1, 0.15) is 5.69 Å². The summed E-state index contributed by atoms with van der Waals surface area (Å²) >= 11 is 0. The van der Waals surface area contributed by atoms with E-state index in [0.29, 0.717) is 5.69 Å². The summed E-state index contributed by atoms with van der Waals surface area (Å²) in [5, 5.41) is 4.89. The minimum absolute atomic E-state index is 0.148. The molecule has 0 bridgehead atoms. The smallest absolute Gasteiger partial charge is 0.322 e. The van der Waals surface area contributed by atoms with Gasteiger partial charge in [-0.25, -0.2) is 0 Å². The number of pyridine rings is 1. The highest BCUT2D eigenvalue weighted by Gasteiger charge is 2.33. The number of rotatable bonds is 4. The third-order valence-corrected chi connectivity index (χ3v) is 4.04. The number of carbonyl (C=O) groups excluding carboxylic acids is 2. The Morgan fingerprint density at radius 3 is 2.28 bits per heavy atom. The average Bonchev–Trinajstić information content (AvgIpc) is 2.69. The zero-order valence-corrected chi connectivity index (χ0v) is 15.2. The summed E-state index contributed by atoms with van der Waals surface area (Å²) in [4.78, 5) is 28.6. The number of nitrogens with one attached hydrogen (secondary N) is 2. The number of hydrogen-bond acceptors (Lipinski definition) is 3. The molecule has 0 spiro atoms. The number of aryl methyl sites for hydroxylation is 1. The fourth-order valence-electron chi connectivity index (χ4n) is 2.56. The van der Waals surface area contributed by atoms with Gasteiger partial charge in [-0.3, -0.25) is 14.6 Å². The highest BCUT2D eigenvalue weighted by atomic mass is 19.4. The van der Waals surface area contributed by atoms with Gasteiger partial charge in [0.15, 0.2) is 0 Å². The van der Waals surface area contributed by atoms with E-state index in [2.05, 4.69) is 15.6 Å². The molecule has 2 amide bonds. The summed E-state index contributed by atoms with van der Waals surface area (Å²) in [5.41, 5.74) is 0.212. The fourth-order valence-corrected chi connectivity index (χ4v) is 2.56. The molecule has 0 aliphatic heterocycles. The van der Waals surface area contributed by atoms with Crippen LogP contribution in [0.25, 0.3) is 0 Å². The number of halogens is 3. The van der Waals surface area contributed by atoms with E-state index in [1.807, 2.05) is 19.1 Å². The van der Waals surface area contributed by atoms with Crippen molar-refractivity contribution in [2.45, 2.75) is 13.1 Å². The van der Waals surface area contributed by atoms with Gasteiger partial charge in [0, 0.05) is 17.4 Å². The number of amides is 2. The first-order valence-corrected chi connectivity index (χ1v) is 8.56. The predicted octanol–water partition coefficient (Wildman–Crippen LogP) is 4.91. The van der Waals surface area contributed by atoms with Gasteiger partial charge < -0.3 is 10.6 Å². The summed E-state index contributed by atoms with van der Waals surface area (Å²) < 4.78 is 39.2. The van der Waals surface area contributed by atoms with E-state index >= 15 is 0 Å². The van der Waals surface area contributed by atoms with Crippen molar-refractivity contribution in [2.24, 2.45) is 0 Å². The van der Waals surface area contributed by atoms with Crippen molar-refractivity contribution in [3.63, 3.8) is 0 Å². The van der Waals surface area contributed by atoms with Crippen LogP contribution in [0.5, 0.6) is 0 Å². The number of hydrogen-bond donors (Lipinski definition) is 2. The van der Waals surface area contributed by atoms with Crippen LogP contribution in [0.3, 0.4) is 0 Å². The Hall–Kier alpha value is -3.68. The van der Waals surface area contributed by atoms with E-state index < -0.39 is 23.6 Å². The fraction of sp³-hybridized carbons (Fsp3) is 0.0952. The van der Waals surface area contributed by atoms with Crippen LogP contribution < -0.4 is 10.6 Å². The molecule has 3 aromatic rings. The third kappa shape index (κ3) is 4.98. The molecular weight excluding hydrogens is 383 g/mol. The van der Waals surface area contributed by atoms with E-state index in [0.717, 1.165) is 17.7 Å². The lowest BCUT2D eigenvalue weighted by Gasteiger charge is -2.13. The topological polar surface area (TPSA) is 71.1 Å². The summed E-state index contributed by atoms with van der Waals surface area (Å²) in [6, 6.07) is 14.4. The standard InChI is InChI=1S/C21H16F3N3O2/c1-13-6-8-15(9-7-13)26-19(28)14-10-11-25-18(12-14)20(29)27-17-5-3-2-4-16(17)21(22,23)24/h2-12H,1H3,(H,26,28)(H,27,29). The third-order valence-electron chi connectivity index (χ3n) is 4.04. The number of benzene rings is 2. The Labute approximate surface area is 164 Å². The lowest BCUT2D eigenvalue weighted by Crippen LogP contribution is -2.19. The van der Waals surface area contributed by atoms with Crippen molar-refractivity contribution in [2.75, 3.05) is 10.6 Å². The molecule has 8 heteroatoms. The van der Waals surface area contributed by atoms with Crippen LogP contribution in [0.1, 0.15) is 32.0 Å². The molecule has 1 heterocycles. The molecule has 0 aliphatic rings. The van der Waals surface area contributed by atoms with Gasteiger partial charge in [0.05, 0.1) is 11.3 Å². The zero-order valence-electron chi connectivity index (χ0n) is 15.2. The number of para-hydroxylation sites is 1. The minimum atomic E-state index is -4.62. The molecule has 0 radical (unpaired) electrons. The van der Waals surface area contributed by atoms with Crippen molar-refractivity contribution < 1.29 is 22.8 Å². The molecule has 2 aromatic carbocycles. The molecule has 0 aliphatic carbocycles. The van der Waals surface area contributed by atoms with E-state index in [1.165, 1.54) is 30.5 Å². The van der Waals surface area contributed by atoms with Gasteiger partial charge in [0.25, 0.3) is 11.8 Å². The second kappa shape index (κ2) is 8.14. The molecule has 0 saturated heterocycles. The molecule has 3 rings (SSSR count). The quantitative estimate of drug-likeness (QED) is 0.655. The summed E-state index contributed by atoms with van der Waals surface area (Å²) in [5.74, 6) is -1.33. The molecule has 2 N–H and O–H groups in total. The first-order chi connectivity index (χ1) is 13.7. The molecule has 0 saturated carbocycles. The van der Waals surface area contributed by atoms with Gasteiger partial charge in [-0.1, -0.05) is 29.8 Å². The lowest BCUT2D eigenvalue weighted by atomic mass is 10.1. The van der Waals surface area contributed by atoms with Crippen LogP contribution in [0, 0.1) is 6.92 Å². The van der Waals surface area contributed by atoms with Crippen LogP contribution in [-0.4, -0.2) is 16.8 Å². The Morgan fingerprint density at radius 1 is 0.897 bits per heavy atom. The van der Waals surface area contributed by atoms with Crippen molar-refractivity contribution >= 4 is 23.2 Å². The zero-order chi connectivity index (χ0) is 21.0. The van der Waals surface area contributed by atoms with Gasteiger partial charge in [-0.05, 0) is 43.3 Å². The van der Waals surface area contributed by atoms with Gasteiger partial charge in [-0.2, -0.15) is 13.2 Å². The Kier molecular flexibility index (Phi) is 5.63. The first kappa shape index (κ1) is 20.1. The first-order valence-electron chi connectivity index (χ1n) is 8.56. The number of aromatic nitrogens is 1. The predicted molar refractivity (Wildman–Crippen MR) is 103 cm³/mol. The van der Waals surface area contributed by atoms with Crippen molar-refractivity contribution in [3.05, 3.63) is 89.2 Å². The molecule has 0 atom stereocenters. The van der Waals surface area contributed by atoms with Gasteiger partial charge in [0.2, 0.25) is 0 Å². The van der Waals surface area contributed by atoms with Crippen LogP contribution in [0.2, 0.25) is 0 Å². The van der Waals surface area contributed by atoms with E-state index in [-0.39, 0.29) is 16.9 Å². The number of anilines is 2. The molecule has 29 heavy (non-hydrogen) atoms. The summed E-state index contributed by atoms with van der Waals surface area (Å²) in [6.07, 6.45) is -3.37. The minimum Gasteiger partial charge on any atom is -0.322 e. The van der Waals surface area contributed by atoms with Crippen LogP contribution in [0.15, 0.2) is 66.9 Å². The summed E-state index contributed by atoms with van der Waals surface area (Å²) in [7, 11) is 0. The van der Waals surface area contributed by atoms with E-state index in [4.69, 9.17) is 0 Å². The molecular formula is C21H16F3N3O2. The van der Waals surface area contributed by atoms with Crippen LogP contribution >= 0.6 is 0 Å². The largest absolute Gasteiger partial charge is 0.418 e. The normalized spacial score (nSPS) is 11.0. The number of carbonyl (C=O) groups is 2. The molecule has 0 fully saturated rings. The molecule has 0 unspecified atom stereocenters. The highest BCUT2D eigenvalue weighted by molar-refractivity contribution is 6.08. The van der Waals surface area contributed by atoms with Crippen molar-refractivity contribution in [1.29, 1.82) is 0 Å². The average molecular weight is 399 g/mol. The SMILES string of the molecule is Cc1ccc(NC(=O)c2ccnc(C(=O)Nc3ccccc3C(F)(F)F)c2)cc1. The monoisotopic (exact) mass is 399 g/mol. The second-order valence-electron chi connectivity index (χ2n) is 6.25. The Balaban J connectivity index is 1.78. The lowest BCUT2D eigenvalue weighted by molar-refractivity contribution is -0.136. The number of nitrogens with zero attached hydrogens (tertiary/aromatic N) is 1. The van der Waals surface area contributed by atoms with Crippen LogP contribution in [-0.2, 0) is 6.18 Å². The van der Waals surface area contributed by atoms with E-state index in [1.54, 1.807) is 12.1 Å². The maximum atomic E-state index is 13.1. The maximum Gasteiger partial charge on any atom is 0.418 e. The van der Waals surface area contributed by atoms with E-state index in [9.17, 15) is 22.8 Å². The maximum absolute atomic E-state index is 13.1. The number of alkyl halides is 3. The molecule has 1 aromatic heterocycles. The highest BCUT2D eigenvalue weighted by Crippen LogP contribution is 2.34. The Bertz CT molecular complexity index is 1050. The Morgan fingerprint density at radius 2 is 1.59 bits per heavy atom. The van der Waals surface area contributed by atoms with Crippen molar-refractivity contribution in [3.8, 4) is 0 Å². The van der Waals surface area contributed by atoms with Crippen molar-refractivity contribution in [1.82, 2.24) is 4.98 Å². The van der Waals surface area contributed by atoms with Gasteiger partial charge >= 0.3 is 6.18 Å². The molecule has 5 nitrogen and oxygen atoms in total. The summed E-state index contributed by atoms with van der Waals surface area (Å²) in [6.45, 7) is 1.91. The molecule has 148 valence electrons. The van der Waals surface area contributed by atoms with Crippen LogP contribution in [0.4, 0.5) is 24.5 Å². The van der Waals surface area contributed by atoms with Gasteiger partial charge in [-0.15, -0.1) is 0 Å². The second-order valence-corrected chi connectivity index (χ2v) is 6.25.